The van der Waals surface area contributed by atoms with Crippen molar-refractivity contribution in [2.75, 3.05) is 7.11 Å². The number of hydrogen-bond donors (Lipinski definition) is 2. The Kier molecular flexibility index (Phi) is 5.35. The van der Waals surface area contributed by atoms with Gasteiger partial charge in [-0.05, 0) is 43.7 Å². The van der Waals surface area contributed by atoms with Gasteiger partial charge in [-0.15, -0.1) is 0 Å². The zero-order chi connectivity index (χ0) is 16.8. The van der Waals surface area contributed by atoms with Crippen LogP contribution in [0.25, 0.3) is 0 Å². The maximum absolute atomic E-state index is 11.8. The van der Waals surface area contributed by atoms with E-state index in [2.05, 4.69) is 15.6 Å². The molecule has 0 spiro atoms. The van der Waals surface area contributed by atoms with Crippen molar-refractivity contribution >= 4 is 12.1 Å². The minimum Gasteiger partial charge on any atom is -0.504 e. The van der Waals surface area contributed by atoms with Crippen molar-refractivity contribution in [3.8, 4) is 11.5 Å². The normalized spacial score (nSPS) is 10.9. The molecule has 2 rings (SSSR count). The number of carbonyl (C=O) groups is 1. The highest BCUT2D eigenvalue weighted by Crippen LogP contribution is 2.25. The molecule has 1 aromatic carbocycles. The number of aryl methyl sites for hydroxylation is 3. The van der Waals surface area contributed by atoms with Gasteiger partial charge in [0.15, 0.2) is 11.5 Å². The van der Waals surface area contributed by atoms with Gasteiger partial charge in [0.2, 0.25) is 5.91 Å². The second-order valence-corrected chi connectivity index (χ2v) is 5.12. The van der Waals surface area contributed by atoms with Gasteiger partial charge in [0.05, 0.1) is 25.6 Å². The molecule has 0 saturated carbocycles. The molecular formula is C16H20N4O3. The first-order valence-corrected chi connectivity index (χ1v) is 7.19. The fraction of sp³-hybridized carbons (Fsp3) is 0.312. The van der Waals surface area contributed by atoms with Gasteiger partial charge in [0.25, 0.3) is 0 Å². The Labute approximate surface area is 134 Å². The number of nitrogens with one attached hydrogen (secondary N) is 1. The van der Waals surface area contributed by atoms with Crippen LogP contribution in [0.3, 0.4) is 0 Å². The molecule has 2 N–H and O–H groups in total. The topological polar surface area (TPSA) is 88.7 Å². The van der Waals surface area contributed by atoms with Crippen molar-refractivity contribution in [1.29, 1.82) is 0 Å². The average molecular weight is 316 g/mol. The number of rotatable bonds is 6. The summed E-state index contributed by atoms with van der Waals surface area (Å²) < 4.78 is 6.75. The minimum absolute atomic E-state index is 0.0207. The molecule has 1 amide bonds. The number of aromatic hydroxyl groups is 1. The third kappa shape index (κ3) is 4.57. The summed E-state index contributed by atoms with van der Waals surface area (Å²) in [5.41, 5.74) is 5.06. The molecule has 1 aromatic heterocycles. The smallest absolute Gasteiger partial charge is 0.241 e. The summed E-state index contributed by atoms with van der Waals surface area (Å²) >= 11 is 0. The Morgan fingerprint density at radius 3 is 2.83 bits per heavy atom. The molecule has 0 radical (unpaired) electrons. The van der Waals surface area contributed by atoms with Crippen LogP contribution in [0.1, 0.15) is 23.4 Å². The highest BCUT2D eigenvalue weighted by molar-refractivity contribution is 5.83. The largest absolute Gasteiger partial charge is 0.504 e. The molecule has 0 fully saturated rings. The second-order valence-electron chi connectivity index (χ2n) is 5.12. The molecule has 0 atom stereocenters. The Morgan fingerprint density at radius 1 is 1.43 bits per heavy atom. The molecule has 2 aromatic rings. The van der Waals surface area contributed by atoms with E-state index >= 15 is 0 Å². The molecule has 122 valence electrons. The van der Waals surface area contributed by atoms with E-state index in [1.54, 1.807) is 16.8 Å². The van der Waals surface area contributed by atoms with E-state index in [0.29, 0.717) is 17.9 Å². The molecule has 0 aliphatic heterocycles. The van der Waals surface area contributed by atoms with Crippen molar-refractivity contribution in [3.63, 3.8) is 0 Å². The summed E-state index contributed by atoms with van der Waals surface area (Å²) in [6.07, 6.45) is 1.74. The molecule has 23 heavy (non-hydrogen) atoms. The van der Waals surface area contributed by atoms with E-state index in [4.69, 9.17) is 4.74 Å². The number of ether oxygens (including phenoxy) is 1. The summed E-state index contributed by atoms with van der Waals surface area (Å²) in [5.74, 6) is 0.204. The lowest BCUT2D eigenvalue weighted by Crippen LogP contribution is -2.20. The number of methoxy groups -OCH3 is 1. The molecule has 0 aliphatic carbocycles. The maximum Gasteiger partial charge on any atom is 0.241 e. The first-order valence-electron chi connectivity index (χ1n) is 7.19. The fourth-order valence-corrected chi connectivity index (χ4v) is 2.13. The predicted molar refractivity (Wildman–Crippen MR) is 86.7 cm³/mol. The summed E-state index contributed by atoms with van der Waals surface area (Å²) in [4.78, 5) is 11.8. The van der Waals surface area contributed by atoms with E-state index < -0.39 is 0 Å². The van der Waals surface area contributed by atoms with Gasteiger partial charge in [0.1, 0.15) is 0 Å². The lowest BCUT2D eigenvalue weighted by Gasteiger charge is -2.04. The first kappa shape index (κ1) is 16.5. The molecule has 7 nitrogen and oxygen atoms in total. The van der Waals surface area contributed by atoms with Gasteiger partial charge in [-0.1, -0.05) is 0 Å². The van der Waals surface area contributed by atoms with Crippen LogP contribution in [0.5, 0.6) is 11.5 Å². The van der Waals surface area contributed by atoms with E-state index in [1.807, 2.05) is 19.9 Å². The van der Waals surface area contributed by atoms with Crippen molar-refractivity contribution in [2.45, 2.75) is 26.8 Å². The highest BCUT2D eigenvalue weighted by Gasteiger charge is 2.05. The fourth-order valence-electron chi connectivity index (χ4n) is 2.13. The van der Waals surface area contributed by atoms with Crippen LogP contribution in [-0.4, -0.2) is 34.1 Å². The standard InChI is InChI=1S/C16H20N4O3/c1-11-8-12(2)20(19-11)7-6-16(22)18-17-10-13-4-5-15(23-3)14(21)9-13/h4-5,8-10,21H,6-7H2,1-3H3,(H,18,22). The Bertz CT molecular complexity index is 722. The number of phenols is 1. The number of hydrogen-bond acceptors (Lipinski definition) is 5. The Balaban J connectivity index is 1.84. The predicted octanol–water partition coefficient (Wildman–Crippen LogP) is 1.75. The monoisotopic (exact) mass is 316 g/mol. The quantitative estimate of drug-likeness (QED) is 0.628. The number of carbonyl (C=O) groups excluding carboxylic acids is 1. The van der Waals surface area contributed by atoms with Crippen LogP contribution < -0.4 is 10.2 Å². The summed E-state index contributed by atoms with van der Waals surface area (Å²) in [6.45, 7) is 4.37. The number of amides is 1. The van der Waals surface area contributed by atoms with Crippen molar-refractivity contribution < 1.29 is 14.6 Å². The van der Waals surface area contributed by atoms with Crippen LogP contribution in [0, 0.1) is 13.8 Å². The van der Waals surface area contributed by atoms with Gasteiger partial charge in [-0.3, -0.25) is 9.48 Å². The van der Waals surface area contributed by atoms with Gasteiger partial charge in [-0.2, -0.15) is 10.2 Å². The van der Waals surface area contributed by atoms with Gasteiger partial charge in [0, 0.05) is 12.1 Å². The number of nitrogens with zero attached hydrogens (tertiary/aromatic N) is 3. The zero-order valence-electron chi connectivity index (χ0n) is 13.4. The average Bonchev–Trinajstić information content (AvgIpc) is 2.83. The summed E-state index contributed by atoms with van der Waals surface area (Å²) in [5, 5.41) is 17.8. The summed E-state index contributed by atoms with van der Waals surface area (Å²) in [7, 11) is 1.48. The number of phenolic OH excluding ortho intramolecular Hbond substituents is 1. The lowest BCUT2D eigenvalue weighted by atomic mass is 10.2. The molecule has 0 aliphatic rings. The van der Waals surface area contributed by atoms with Crippen molar-refractivity contribution in [3.05, 3.63) is 41.2 Å². The molecule has 7 heteroatoms. The van der Waals surface area contributed by atoms with Crippen LogP contribution in [0.2, 0.25) is 0 Å². The van der Waals surface area contributed by atoms with Crippen molar-refractivity contribution in [1.82, 2.24) is 15.2 Å². The number of benzene rings is 1. The van der Waals surface area contributed by atoms with E-state index in [9.17, 15) is 9.90 Å². The highest BCUT2D eigenvalue weighted by atomic mass is 16.5. The molecule has 1 heterocycles. The third-order valence-corrected chi connectivity index (χ3v) is 3.26. The van der Waals surface area contributed by atoms with Crippen LogP contribution in [0.4, 0.5) is 0 Å². The van der Waals surface area contributed by atoms with Crippen molar-refractivity contribution in [2.24, 2.45) is 5.10 Å². The first-order chi connectivity index (χ1) is 11.0. The van der Waals surface area contributed by atoms with E-state index in [-0.39, 0.29) is 18.1 Å². The lowest BCUT2D eigenvalue weighted by molar-refractivity contribution is -0.121. The number of aromatic nitrogens is 2. The van der Waals surface area contributed by atoms with E-state index in [1.165, 1.54) is 19.4 Å². The molecular weight excluding hydrogens is 296 g/mol. The van der Waals surface area contributed by atoms with Crippen LogP contribution >= 0.6 is 0 Å². The van der Waals surface area contributed by atoms with E-state index in [0.717, 1.165) is 11.4 Å². The third-order valence-electron chi connectivity index (χ3n) is 3.26. The molecule has 0 unspecified atom stereocenters. The Hall–Kier alpha value is -2.83. The minimum atomic E-state index is -0.202. The molecule has 0 saturated heterocycles. The number of hydrazone groups is 1. The van der Waals surface area contributed by atoms with Gasteiger partial charge >= 0.3 is 0 Å². The zero-order valence-corrected chi connectivity index (χ0v) is 13.4. The second kappa shape index (κ2) is 7.44. The Morgan fingerprint density at radius 2 is 2.22 bits per heavy atom. The van der Waals surface area contributed by atoms with Crippen LogP contribution in [-0.2, 0) is 11.3 Å². The van der Waals surface area contributed by atoms with Gasteiger partial charge < -0.3 is 9.84 Å². The molecule has 0 bridgehead atoms. The maximum atomic E-state index is 11.8. The summed E-state index contributed by atoms with van der Waals surface area (Å²) in [6, 6.07) is 6.82. The van der Waals surface area contributed by atoms with Crippen LogP contribution in [0.15, 0.2) is 29.4 Å². The SMILES string of the molecule is COc1ccc(C=NNC(=O)CCn2nc(C)cc2C)cc1O. The van der Waals surface area contributed by atoms with Gasteiger partial charge in [-0.25, -0.2) is 5.43 Å².